The molecule has 4 aromatic rings. The quantitative estimate of drug-likeness (QED) is 0.540. The molecule has 0 radical (unpaired) electrons. The molecule has 0 fully saturated rings. The van der Waals surface area contributed by atoms with Gasteiger partial charge in [0.2, 0.25) is 0 Å². The molecule has 0 bridgehead atoms. The van der Waals surface area contributed by atoms with Gasteiger partial charge in [-0.15, -0.1) is 0 Å². The first-order valence-corrected chi connectivity index (χ1v) is 9.01. The lowest BCUT2D eigenvalue weighted by Crippen LogP contribution is -2.26. The number of carbonyl (C=O) groups excluding carboxylic acids is 1. The Kier molecular flexibility index (Phi) is 5.09. The Balaban J connectivity index is 1.54. The summed E-state index contributed by atoms with van der Waals surface area (Å²) < 4.78 is 43.4. The Labute approximate surface area is 169 Å². The Morgan fingerprint density at radius 2 is 1.53 bits per heavy atom. The number of nitrogens with zero attached hydrogens (tertiary/aromatic N) is 4. The van der Waals surface area contributed by atoms with Gasteiger partial charge in [0.1, 0.15) is 0 Å². The minimum Gasteiger partial charge on any atom is -0.348 e. The van der Waals surface area contributed by atoms with E-state index in [0.29, 0.717) is 5.56 Å². The molecule has 0 aliphatic carbocycles. The van der Waals surface area contributed by atoms with Crippen LogP contribution >= 0.6 is 0 Å². The van der Waals surface area contributed by atoms with Crippen molar-refractivity contribution < 1.29 is 18.0 Å². The summed E-state index contributed by atoms with van der Waals surface area (Å²) in [5.41, 5.74) is 0.0378. The van der Waals surface area contributed by atoms with Gasteiger partial charge in [-0.25, -0.2) is 9.36 Å². The van der Waals surface area contributed by atoms with Gasteiger partial charge in [-0.2, -0.15) is 23.4 Å². The van der Waals surface area contributed by atoms with Crippen LogP contribution in [-0.4, -0.2) is 25.5 Å². The largest absolute Gasteiger partial charge is 0.434 e. The number of amides is 1. The van der Waals surface area contributed by atoms with Crippen molar-refractivity contribution in [2.45, 2.75) is 12.7 Å². The van der Waals surface area contributed by atoms with Crippen LogP contribution in [0.1, 0.15) is 21.6 Å². The van der Waals surface area contributed by atoms with E-state index >= 15 is 0 Å². The monoisotopic (exact) mass is 411 g/mol. The van der Waals surface area contributed by atoms with Crippen molar-refractivity contribution in [1.82, 2.24) is 24.9 Å². The van der Waals surface area contributed by atoms with Crippen molar-refractivity contribution in [3.05, 3.63) is 96.1 Å². The molecule has 0 aliphatic rings. The van der Waals surface area contributed by atoms with Crippen LogP contribution in [0.25, 0.3) is 11.4 Å². The van der Waals surface area contributed by atoms with Crippen LogP contribution in [0.2, 0.25) is 0 Å². The molecule has 0 saturated heterocycles. The zero-order chi connectivity index (χ0) is 21.1. The standard InChI is InChI=1S/C21H16F3N5O/c22-21(23,24)19-18(13-27-29(19)17-9-5-2-6-10-17)20(30)25-11-15-12-26-28(14-15)16-7-3-1-4-8-16/h1-10,12-14H,11H2,(H,25,30). The Morgan fingerprint density at radius 1 is 0.900 bits per heavy atom. The predicted octanol–water partition coefficient (Wildman–Crippen LogP) is 4.01. The van der Waals surface area contributed by atoms with E-state index in [-0.39, 0.29) is 12.2 Å². The molecule has 1 amide bonds. The van der Waals surface area contributed by atoms with Crippen LogP contribution in [0.3, 0.4) is 0 Å². The topological polar surface area (TPSA) is 64.7 Å². The first kappa shape index (κ1) is 19.4. The molecule has 2 heterocycles. The van der Waals surface area contributed by atoms with Crippen LogP contribution < -0.4 is 5.32 Å². The summed E-state index contributed by atoms with van der Waals surface area (Å²) in [6.07, 6.45) is -0.575. The second kappa shape index (κ2) is 7.86. The molecular weight excluding hydrogens is 395 g/mol. The Hall–Kier alpha value is -3.88. The fraction of sp³-hybridized carbons (Fsp3) is 0.0952. The smallest absolute Gasteiger partial charge is 0.348 e. The molecule has 9 heteroatoms. The third-order valence-corrected chi connectivity index (χ3v) is 4.39. The van der Waals surface area contributed by atoms with Crippen LogP contribution in [0.5, 0.6) is 0 Å². The molecular formula is C21H16F3N5O. The molecule has 0 unspecified atom stereocenters. The highest BCUT2D eigenvalue weighted by Gasteiger charge is 2.40. The van der Waals surface area contributed by atoms with E-state index in [1.54, 1.807) is 35.3 Å². The van der Waals surface area contributed by atoms with E-state index in [1.807, 2.05) is 30.3 Å². The van der Waals surface area contributed by atoms with Gasteiger partial charge in [-0.3, -0.25) is 4.79 Å². The number of halogens is 3. The number of rotatable bonds is 5. The van der Waals surface area contributed by atoms with Gasteiger partial charge in [-0.1, -0.05) is 36.4 Å². The molecule has 30 heavy (non-hydrogen) atoms. The van der Waals surface area contributed by atoms with E-state index < -0.39 is 23.3 Å². The number of hydrogen-bond donors (Lipinski definition) is 1. The van der Waals surface area contributed by atoms with Crippen molar-refractivity contribution in [3.8, 4) is 11.4 Å². The molecule has 6 nitrogen and oxygen atoms in total. The number of nitrogens with one attached hydrogen (secondary N) is 1. The molecule has 0 spiro atoms. The third-order valence-electron chi connectivity index (χ3n) is 4.39. The number of carbonyl (C=O) groups is 1. The van der Waals surface area contributed by atoms with Crippen molar-refractivity contribution in [1.29, 1.82) is 0 Å². The van der Waals surface area contributed by atoms with Crippen LogP contribution in [-0.2, 0) is 12.7 Å². The van der Waals surface area contributed by atoms with E-state index in [9.17, 15) is 18.0 Å². The zero-order valence-electron chi connectivity index (χ0n) is 15.5. The summed E-state index contributed by atoms with van der Waals surface area (Å²) in [4.78, 5) is 12.5. The lowest BCUT2D eigenvalue weighted by atomic mass is 10.2. The van der Waals surface area contributed by atoms with Crippen molar-refractivity contribution >= 4 is 5.91 Å². The number of hydrogen-bond acceptors (Lipinski definition) is 3. The number of alkyl halides is 3. The minimum absolute atomic E-state index is 0.0273. The van der Waals surface area contributed by atoms with Gasteiger partial charge in [-0.05, 0) is 24.3 Å². The molecule has 0 aliphatic heterocycles. The van der Waals surface area contributed by atoms with E-state index in [0.717, 1.165) is 16.6 Å². The molecule has 2 aromatic carbocycles. The second-order valence-electron chi connectivity index (χ2n) is 6.46. The highest BCUT2D eigenvalue weighted by molar-refractivity contribution is 5.95. The third kappa shape index (κ3) is 3.95. The van der Waals surface area contributed by atoms with Crippen molar-refractivity contribution in [2.75, 3.05) is 0 Å². The number of aromatic nitrogens is 4. The van der Waals surface area contributed by atoms with Crippen LogP contribution in [0.15, 0.2) is 79.3 Å². The van der Waals surface area contributed by atoms with Gasteiger partial charge in [0.25, 0.3) is 5.91 Å². The molecule has 0 saturated carbocycles. The first-order chi connectivity index (χ1) is 14.4. The summed E-state index contributed by atoms with van der Waals surface area (Å²) in [5, 5.41) is 10.5. The fourth-order valence-electron chi connectivity index (χ4n) is 3.00. The molecule has 152 valence electrons. The molecule has 2 aromatic heterocycles. The van der Waals surface area contributed by atoms with Gasteiger partial charge in [0.05, 0.1) is 29.3 Å². The normalized spacial score (nSPS) is 11.4. The summed E-state index contributed by atoms with van der Waals surface area (Å²) in [7, 11) is 0. The maximum atomic E-state index is 13.7. The highest BCUT2D eigenvalue weighted by atomic mass is 19.4. The fourth-order valence-corrected chi connectivity index (χ4v) is 3.00. The summed E-state index contributed by atoms with van der Waals surface area (Å²) in [6.45, 7) is 0.0273. The summed E-state index contributed by atoms with van der Waals surface area (Å²) >= 11 is 0. The van der Waals surface area contributed by atoms with E-state index in [1.165, 1.54) is 12.1 Å². The van der Waals surface area contributed by atoms with Gasteiger partial charge >= 0.3 is 6.18 Å². The predicted molar refractivity (Wildman–Crippen MR) is 103 cm³/mol. The maximum Gasteiger partial charge on any atom is 0.434 e. The van der Waals surface area contributed by atoms with Gasteiger partial charge < -0.3 is 5.32 Å². The average Bonchev–Trinajstić information content (AvgIpc) is 3.41. The lowest BCUT2D eigenvalue weighted by Gasteiger charge is -2.12. The van der Waals surface area contributed by atoms with Crippen molar-refractivity contribution in [3.63, 3.8) is 0 Å². The zero-order valence-corrected chi connectivity index (χ0v) is 15.5. The highest BCUT2D eigenvalue weighted by Crippen LogP contribution is 2.33. The average molecular weight is 411 g/mol. The second-order valence-corrected chi connectivity index (χ2v) is 6.46. The Bertz CT molecular complexity index is 1150. The summed E-state index contributed by atoms with van der Waals surface area (Å²) in [6, 6.07) is 17.2. The SMILES string of the molecule is O=C(NCc1cnn(-c2ccccc2)c1)c1cnn(-c2ccccc2)c1C(F)(F)F. The van der Waals surface area contributed by atoms with Gasteiger partial charge in [0, 0.05) is 18.3 Å². The van der Waals surface area contributed by atoms with Gasteiger partial charge in [0.15, 0.2) is 5.69 Å². The first-order valence-electron chi connectivity index (χ1n) is 9.01. The maximum absolute atomic E-state index is 13.7. The van der Waals surface area contributed by atoms with E-state index in [2.05, 4.69) is 15.5 Å². The minimum atomic E-state index is -4.75. The number of benzene rings is 2. The lowest BCUT2D eigenvalue weighted by molar-refractivity contribution is -0.143. The van der Waals surface area contributed by atoms with E-state index in [4.69, 9.17) is 0 Å². The summed E-state index contributed by atoms with van der Waals surface area (Å²) in [5.74, 6) is -0.864. The van der Waals surface area contributed by atoms with Crippen LogP contribution in [0.4, 0.5) is 13.2 Å². The molecule has 1 N–H and O–H groups in total. The van der Waals surface area contributed by atoms with Crippen LogP contribution in [0, 0.1) is 0 Å². The number of para-hydroxylation sites is 2. The molecule has 0 atom stereocenters. The van der Waals surface area contributed by atoms with Crippen molar-refractivity contribution in [2.24, 2.45) is 0 Å². The Morgan fingerprint density at radius 3 is 2.17 bits per heavy atom. The molecule has 4 rings (SSSR count).